The fourth-order valence-corrected chi connectivity index (χ4v) is 2.73. The molecule has 22 heavy (non-hydrogen) atoms. The molecule has 0 aromatic heterocycles. The summed E-state index contributed by atoms with van der Waals surface area (Å²) in [5.41, 5.74) is 17.1. The highest BCUT2D eigenvalue weighted by atomic mass is 16.3. The molecule has 1 saturated carbocycles. The molecule has 120 valence electrons. The summed E-state index contributed by atoms with van der Waals surface area (Å²) in [6, 6.07) is 7.20. The second-order valence-electron chi connectivity index (χ2n) is 6.30. The van der Waals surface area contributed by atoms with Crippen molar-refractivity contribution in [3.05, 3.63) is 35.4 Å². The van der Waals surface area contributed by atoms with Crippen molar-refractivity contribution in [2.75, 3.05) is 0 Å². The number of nitrogens with two attached hydrogens (primary N) is 3. The van der Waals surface area contributed by atoms with Crippen LogP contribution in [0.25, 0.3) is 0 Å². The van der Waals surface area contributed by atoms with Crippen LogP contribution in [0, 0.1) is 11.8 Å². The van der Waals surface area contributed by atoms with Crippen LogP contribution in [0.1, 0.15) is 55.8 Å². The summed E-state index contributed by atoms with van der Waals surface area (Å²) in [7, 11) is 0. The lowest BCUT2D eigenvalue weighted by molar-refractivity contribution is 0.0610. The fraction of sp³-hybridized carbons (Fsp3) is 0.529. The summed E-state index contributed by atoms with van der Waals surface area (Å²) in [5, 5.41) is 20.5. The topological polar surface area (TPSA) is 119 Å². The monoisotopic (exact) mass is 303 g/mol. The Hall–Kier alpha value is -1.42. The van der Waals surface area contributed by atoms with Crippen LogP contribution in [0.15, 0.2) is 24.3 Å². The van der Waals surface area contributed by atoms with Crippen molar-refractivity contribution < 1.29 is 10.2 Å². The summed E-state index contributed by atoms with van der Waals surface area (Å²) < 4.78 is 0. The quantitative estimate of drug-likeness (QED) is 0.416. The summed E-state index contributed by atoms with van der Waals surface area (Å²) in [5.74, 6) is 4.57. The van der Waals surface area contributed by atoms with E-state index in [0.29, 0.717) is 5.56 Å². The molecule has 1 atom stereocenters. The first-order valence-electron chi connectivity index (χ1n) is 7.68. The molecule has 1 aliphatic rings. The molecule has 5 nitrogen and oxygen atoms in total. The molecule has 1 fully saturated rings. The Kier molecular flexibility index (Phi) is 5.22. The predicted octanol–water partition coefficient (Wildman–Crippen LogP) is 0.687. The van der Waals surface area contributed by atoms with Gasteiger partial charge in [-0.1, -0.05) is 30.4 Å². The van der Waals surface area contributed by atoms with E-state index >= 15 is 0 Å². The lowest BCUT2D eigenvalue weighted by atomic mass is 9.85. The molecule has 0 aliphatic heterocycles. The Balaban J connectivity index is 2.12. The summed E-state index contributed by atoms with van der Waals surface area (Å²) in [6.07, 6.45) is 3.82. The van der Waals surface area contributed by atoms with Crippen LogP contribution in [0.3, 0.4) is 0 Å². The molecule has 0 spiro atoms. The third-order valence-electron chi connectivity index (χ3n) is 3.94. The van der Waals surface area contributed by atoms with Crippen LogP contribution < -0.4 is 17.2 Å². The van der Waals surface area contributed by atoms with Crippen LogP contribution in [-0.4, -0.2) is 21.6 Å². The van der Waals surface area contributed by atoms with Crippen molar-refractivity contribution in [2.45, 2.75) is 56.0 Å². The van der Waals surface area contributed by atoms with Crippen molar-refractivity contribution >= 4 is 0 Å². The highest BCUT2D eigenvalue weighted by Gasteiger charge is 2.26. The Morgan fingerprint density at radius 2 is 1.86 bits per heavy atom. The molecule has 5 heteroatoms. The van der Waals surface area contributed by atoms with Crippen molar-refractivity contribution in [3.63, 3.8) is 0 Å². The van der Waals surface area contributed by atoms with Gasteiger partial charge >= 0.3 is 0 Å². The zero-order valence-electron chi connectivity index (χ0n) is 12.8. The van der Waals surface area contributed by atoms with Crippen LogP contribution in [-0.2, 0) is 0 Å². The summed E-state index contributed by atoms with van der Waals surface area (Å²) in [6.45, 7) is 0. The first kappa shape index (κ1) is 16.9. The molecule has 2 rings (SSSR count). The van der Waals surface area contributed by atoms with Crippen molar-refractivity contribution in [2.24, 2.45) is 17.2 Å². The Labute approximate surface area is 131 Å². The molecule has 0 radical (unpaired) electrons. The van der Waals surface area contributed by atoms with Crippen molar-refractivity contribution in [1.29, 1.82) is 0 Å². The van der Waals surface area contributed by atoms with Gasteiger partial charge in [0.1, 0.15) is 11.4 Å². The molecule has 0 bridgehead atoms. The van der Waals surface area contributed by atoms with Gasteiger partial charge in [-0.25, -0.2) is 0 Å². The second-order valence-corrected chi connectivity index (χ2v) is 6.30. The number of rotatable bonds is 3. The zero-order valence-corrected chi connectivity index (χ0v) is 12.8. The van der Waals surface area contributed by atoms with E-state index < -0.39 is 17.5 Å². The van der Waals surface area contributed by atoms with E-state index in [4.69, 9.17) is 17.2 Å². The molecule has 8 N–H and O–H groups in total. The van der Waals surface area contributed by atoms with Gasteiger partial charge in [0.25, 0.3) is 0 Å². The van der Waals surface area contributed by atoms with Gasteiger partial charge in [0.15, 0.2) is 0 Å². The van der Waals surface area contributed by atoms with Crippen molar-refractivity contribution in [3.8, 4) is 11.8 Å². The van der Waals surface area contributed by atoms with Gasteiger partial charge in [0, 0.05) is 12.0 Å². The smallest absolute Gasteiger partial charge is 0.125 e. The van der Waals surface area contributed by atoms with E-state index in [1.807, 2.05) is 6.07 Å². The first-order valence-corrected chi connectivity index (χ1v) is 7.68. The maximum atomic E-state index is 10.4. The van der Waals surface area contributed by atoms with Gasteiger partial charge in [-0.2, -0.15) is 0 Å². The molecule has 1 aliphatic carbocycles. The number of hydrogen-bond acceptors (Lipinski definition) is 5. The van der Waals surface area contributed by atoms with Gasteiger partial charge in [0.05, 0.1) is 6.10 Å². The van der Waals surface area contributed by atoms with Crippen molar-refractivity contribution in [1.82, 2.24) is 0 Å². The van der Waals surface area contributed by atoms with Gasteiger partial charge in [0.2, 0.25) is 0 Å². The summed E-state index contributed by atoms with van der Waals surface area (Å²) in [4.78, 5) is 0. The fourth-order valence-electron chi connectivity index (χ4n) is 2.73. The SMILES string of the molecule is NC(N)(N)CC(O)c1cccc(C#CC2(O)CCCCC2)c1. The average Bonchev–Trinajstić information content (AvgIpc) is 2.45. The number of aliphatic hydroxyl groups is 2. The minimum absolute atomic E-state index is 0.0494. The van der Waals surface area contributed by atoms with Crippen LogP contribution >= 0.6 is 0 Å². The van der Waals surface area contributed by atoms with Crippen LogP contribution in [0.5, 0.6) is 0 Å². The minimum atomic E-state index is -1.42. The highest BCUT2D eigenvalue weighted by Crippen LogP contribution is 2.27. The lowest BCUT2D eigenvalue weighted by Gasteiger charge is -2.26. The minimum Gasteiger partial charge on any atom is -0.388 e. The predicted molar refractivity (Wildman–Crippen MR) is 86.2 cm³/mol. The van der Waals surface area contributed by atoms with E-state index in [1.54, 1.807) is 18.2 Å². The van der Waals surface area contributed by atoms with Crippen LogP contribution in [0.2, 0.25) is 0 Å². The molecule has 0 heterocycles. The van der Waals surface area contributed by atoms with Gasteiger partial charge in [-0.15, -0.1) is 0 Å². The lowest BCUT2D eigenvalue weighted by Crippen LogP contribution is -2.58. The van der Waals surface area contributed by atoms with Gasteiger partial charge in [-0.05, 0) is 43.4 Å². The van der Waals surface area contributed by atoms with Gasteiger partial charge < -0.3 is 27.4 Å². The molecule has 1 unspecified atom stereocenters. The van der Waals surface area contributed by atoms with E-state index in [9.17, 15) is 10.2 Å². The van der Waals surface area contributed by atoms with E-state index in [-0.39, 0.29) is 6.42 Å². The first-order chi connectivity index (χ1) is 10.3. The summed E-state index contributed by atoms with van der Waals surface area (Å²) >= 11 is 0. The average molecular weight is 303 g/mol. The molecule has 1 aromatic carbocycles. The largest absolute Gasteiger partial charge is 0.388 e. The Morgan fingerprint density at radius 1 is 1.18 bits per heavy atom. The second kappa shape index (κ2) is 6.78. The van der Waals surface area contributed by atoms with Gasteiger partial charge in [-0.3, -0.25) is 0 Å². The molecule has 0 amide bonds. The molecule has 1 aromatic rings. The third kappa shape index (κ3) is 5.09. The number of aliphatic hydroxyl groups excluding tert-OH is 1. The highest BCUT2D eigenvalue weighted by molar-refractivity contribution is 5.39. The number of benzene rings is 1. The van der Waals surface area contributed by atoms with E-state index in [2.05, 4.69) is 11.8 Å². The molecular formula is C17H25N3O2. The Bertz CT molecular complexity index is 563. The number of hydrogen-bond donors (Lipinski definition) is 5. The zero-order chi connectivity index (χ0) is 16.2. The molecule has 0 saturated heterocycles. The normalized spacial score (nSPS) is 19.1. The maximum absolute atomic E-state index is 10.4. The maximum Gasteiger partial charge on any atom is 0.125 e. The van der Waals surface area contributed by atoms with Crippen LogP contribution in [0.4, 0.5) is 0 Å². The van der Waals surface area contributed by atoms with E-state index in [1.165, 1.54) is 0 Å². The third-order valence-corrected chi connectivity index (χ3v) is 3.94. The Morgan fingerprint density at radius 3 is 2.50 bits per heavy atom. The van der Waals surface area contributed by atoms with E-state index in [0.717, 1.165) is 37.7 Å². The molecular weight excluding hydrogens is 278 g/mol. The standard InChI is InChI=1S/C17H25N3O2/c18-17(19,20)12-15(21)14-6-4-5-13(11-14)7-10-16(22)8-2-1-3-9-16/h4-6,11,15,21-22H,1-3,8-9,12,18-20H2.